The van der Waals surface area contributed by atoms with Gasteiger partial charge in [0.25, 0.3) is 6.71 Å². The first-order chi connectivity index (χ1) is 21.6. The molecule has 9 rings (SSSR count). The first kappa shape index (κ1) is 29.5. The minimum Gasteiger partial charge on any atom is -0.292 e. The fourth-order valence-corrected chi connectivity index (χ4v) is 10.8. The lowest BCUT2D eigenvalue weighted by Gasteiger charge is -2.38. The van der Waals surface area contributed by atoms with Crippen molar-refractivity contribution in [3.8, 4) is 11.4 Å². The number of imidazole rings is 2. The minimum absolute atomic E-state index is 0.267. The third kappa shape index (κ3) is 3.40. The zero-order chi connectivity index (χ0) is 33.8. The Morgan fingerprint density at radius 2 is 1.06 bits per heavy atom. The standard InChI is InChI=1S/C37H36BF5N4/c1-32(2)15-34(5,6)23-17(32)13-19-28-26(23)38-25-21(46(28)30(44-19)36(9,39)40)11-10-12-22(25)47-29-20(45-31(47)37(41,42)43)14-18-24(27(29)38)35(7,8)16-33(18,3)4/h10-14H,15-16H2,1-9H3. The molecule has 0 fully saturated rings. The molecule has 0 radical (unpaired) electrons. The molecule has 2 aromatic heterocycles. The highest BCUT2D eigenvalue weighted by molar-refractivity contribution is 7.00. The van der Waals surface area contributed by atoms with Gasteiger partial charge < -0.3 is 0 Å². The van der Waals surface area contributed by atoms with Crippen LogP contribution in [0.5, 0.6) is 0 Å². The van der Waals surface area contributed by atoms with E-state index >= 15 is 8.78 Å². The van der Waals surface area contributed by atoms with Gasteiger partial charge in [0.1, 0.15) is 0 Å². The molecular weight excluding hydrogens is 606 g/mol. The molecule has 2 aliphatic carbocycles. The number of alkyl halides is 5. The second-order valence-corrected chi connectivity index (χ2v) is 17.1. The summed E-state index contributed by atoms with van der Waals surface area (Å²) in [5.41, 5.74) is 7.94. The fourth-order valence-electron chi connectivity index (χ4n) is 10.8. The summed E-state index contributed by atoms with van der Waals surface area (Å²) in [6, 6.07) is 8.99. The summed E-state index contributed by atoms with van der Waals surface area (Å²) in [6.45, 7) is 17.8. The molecule has 0 spiro atoms. The Morgan fingerprint density at radius 3 is 1.49 bits per heavy atom. The van der Waals surface area contributed by atoms with E-state index in [1.165, 1.54) is 4.57 Å². The Bertz CT molecular complexity index is 2140. The van der Waals surface area contributed by atoms with E-state index < -0.39 is 30.5 Å². The molecule has 4 heterocycles. The van der Waals surface area contributed by atoms with Gasteiger partial charge in [0, 0.05) is 18.3 Å². The third-order valence-electron chi connectivity index (χ3n) is 11.6. The van der Waals surface area contributed by atoms with Crippen molar-refractivity contribution in [2.45, 2.75) is 109 Å². The van der Waals surface area contributed by atoms with Crippen LogP contribution in [0.25, 0.3) is 33.4 Å². The number of nitrogens with zero attached hydrogens (tertiary/aromatic N) is 4. The second-order valence-electron chi connectivity index (χ2n) is 17.1. The number of aromatic nitrogens is 4. The number of fused-ring (bicyclic) bond motifs is 8. The smallest absolute Gasteiger partial charge is 0.292 e. The normalized spacial score (nSPS) is 20.6. The molecule has 0 unspecified atom stereocenters. The van der Waals surface area contributed by atoms with Gasteiger partial charge in [0.05, 0.1) is 22.1 Å². The van der Waals surface area contributed by atoms with Gasteiger partial charge >= 0.3 is 12.1 Å². The van der Waals surface area contributed by atoms with E-state index in [-0.39, 0.29) is 21.7 Å². The molecule has 0 saturated carbocycles. The summed E-state index contributed by atoms with van der Waals surface area (Å²) in [5.74, 6) is -4.71. The van der Waals surface area contributed by atoms with Crippen LogP contribution >= 0.6 is 0 Å². The minimum atomic E-state index is -4.74. The van der Waals surface area contributed by atoms with Crippen LogP contribution in [-0.2, 0) is 33.8 Å². The third-order valence-corrected chi connectivity index (χ3v) is 11.6. The number of halogens is 5. The van der Waals surface area contributed by atoms with Crippen LogP contribution in [-0.4, -0.2) is 25.8 Å². The summed E-state index contributed by atoms with van der Waals surface area (Å²) in [4.78, 5) is 8.97. The lowest BCUT2D eigenvalue weighted by atomic mass is 9.31. The van der Waals surface area contributed by atoms with Gasteiger partial charge in [-0.1, -0.05) is 61.5 Å². The predicted octanol–water partition coefficient (Wildman–Crippen LogP) is 7.56. The van der Waals surface area contributed by atoms with Gasteiger partial charge in [-0.25, -0.2) is 9.97 Å². The molecule has 3 aromatic carbocycles. The largest absolute Gasteiger partial charge is 0.450 e. The molecule has 47 heavy (non-hydrogen) atoms. The lowest BCUT2D eigenvalue weighted by Crippen LogP contribution is -2.63. The summed E-state index contributed by atoms with van der Waals surface area (Å²) >= 11 is 0. The van der Waals surface area contributed by atoms with E-state index in [0.717, 1.165) is 52.9 Å². The first-order valence-electron chi connectivity index (χ1n) is 16.4. The highest BCUT2D eigenvalue weighted by Gasteiger charge is 2.55. The predicted molar refractivity (Wildman–Crippen MR) is 176 cm³/mol. The van der Waals surface area contributed by atoms with Gasteiger partial charge in [0.2, 0.25) is 5.82 Å². The van der Waals surface area contributed by atoms with Crippen molar-refractivity contribution in [1.82, 2.24) is 19.1 Å². The van der Waals surface area contributed by atoms with Crippen molar-refractivity contribution in [1.29, 1.82) is 0 Å². The van der Waals surface area contributed by atoms with E-state index in [1.54, 1.807) is 22.8 Å². The lowest BCUT2D eigenvalue weighted by molar-refractivity contribution is -0.145. The van der Waals surface area contributed by atoms with Gasteiger partial charge in [-0.3, -0.25) is 9.13 Å². The second kappa shape index (κ2) is 7.95. The average molecular weight is 643 g/mol. The molecule has 5 aromatic rings. The van der Waals surface area contributed by atoms with Crippen LogP contribution in [0, 0.1) is 0 Å². The van der Waals surface area contributed by atoms with Crippen molar-refractivity contribution in [2.24, 2.45) is 0 Å². The van der Waals surface area contributed by atoms with Crippen LogP contribution < -0.4 is 16.4 Å². The zero-order valence-corrected chi connectivity index (χ0v) is 28.1. The SMILES string of the molecule is CC(F)(F)c1nc2cc3c(c4c2n1-c1cccc2c1B4c1c4c(cc5nc(C(F)(F)F)n-2c15)C(C)(C)CC4(C)C)C(C)(C)CC3(C)C. The molecule has 0 saturated heterocycles. The van der Waals surface area contributed by atoms with Crippen LogP contribution in [0.3, 0.4) is 0 Å². The molecule has 0 bridgehead atoms. The molecule has 0 amide bonds. The van der Waals surface area contributed by atoms with Gasteiger partial charge in [-0.15, -0.1) is 0 Å². The Hall–Kier alpha value is -3.69. The molecule has 0 N–H and O–H groups in total. The highest BCUT2D eigenvalue weighted by atomic mass is 19.4. The Labute approximate surface area is 270 Å². The van der Waals surface area contributed by atoms with Crippen LogP contribution in [0.4, 0.5) is 22.0 Å². The molecule has 2 aliphatic heterocycles. The topological polar surface area (TPSA) is 35.6 Å². The maximum Gasteiger partial charge on any atom is 0.450 e. The fraction of sp³-hybridized carbons (Fsp3) is 0.459. The van der Waals surface area contributed by atoms with Gasteiger partial charge in [-0.2, -0.15) is 22.0 Å². The quantitative estimate of drug-likeness (QED) is 0.137. The van der Waals surface area contributed by atoms with Crippen LogP contribution in [0.1, 0.15) is 109 Å². The molecule has 0 atom stereocenters. The Morgan fingerprint density at radius 1 is 0.638 bits per heavy atom. The van der Waals surface area contributed by atoms with Crippen molar-refractivity contribution < 1.29 is 22.0 Å². The van der Waals surface area contributed by atoms with Crippen molar-refractivity contribution >= 4 is 45.2 Å². The molecule has 10 heteroatoms. The summed E-state index contributed by atoms with van der Waals surface area (Å²) in [6.07, 6.45) is -3.09. The maximum absolute atomic E-state index is 15.6. The van der Waals surface area contributed by atoms with Crippen molar-refractivity contribution in [2.75, 3.05) is 0 Å². The highest BCUT2D eigenvalue weighted by Crippen LogP contribution is 2.54. The summed E-state index contributed by atoms with van der Waals surface area (Å²) in [7, 11) is 0. The van der Waals surface area contributed by atoms with E-state index in [9.17, 15) is 13.2 Å². The summed E-state index contributed by atoms with van der Waals surface area (Å²) < 4.78 is 79.0. The van der Waals surface area contributed by atoms with E-state index in [2.05, 4.69) is 65.4 Å². The van der Waals surface area contributed by atoms with Gasteiger partial charge in [-0.05, 0) is 97.4 Å². The number of hydrogen-bond acceptors (Lipinski definition) is 2. The number of benzene rings is 3. The van der Waals surface area contributed by atoms with E-state index in [0.29, 0.717) is 38.9 Å². The molecule has 4 nitrogen and oxygen atoms in total. The van der Waals surface area contributed by atoms with Crippen molar-refractivity contribution in [3.05, 3.63) is 64.2 Å². The van der Waals surface area contributed by atoms with Gasteiger partial charge in [0.15, 0.2) is 5.82 Å². The monoisotopic (exact) mass is 642 g/mol. The van der Waals surface area contributed by atoms with Crippen LogP contribution in [0.2, 0.25) is 0 Å². The molecule has 4 aliphatic rings. The Kier molecular flexibility index (Phi) is 4.98. The first-order valence-corrected chi connectivity index (χ1v) is 16.4. The maximum atomic E-state index is 15.6. The number of hydrogen-bond donors (Lipinski definition) is 0. The van der Waals surface area contributed by atoms with Crippen molar-refractivity contribution in [3.63, 3.8) is 0 Å². The van der Waals surface area contributed by atoms with Crippen LogP contribution in [0.15, 0.2) is 30.3 Å². The number of rotatable bonds is 1. The average Bonchev–Trinajstić information content (AvgIpc) is 3.60. The zero-order valence-electron chi connectivity index (χ0n) is 28.1. The molecular formula is C37H36BF5N4. The van der Waals surface area contributed by atoms with E-state index in [1.807, 2.05) is 12.1 Å². The Balaban J connectivity index is 1.59. The summed E-state index contributed by atoms with van der Waals surface area (Å²) in [5, 5.41) is 0. The van der Waals surface area contributed by atoms with E-state index in [4.69, 9.17) is 0 Å². The molecule has 242 valence electrons.